The summed E-state index contributed by atoms with van der Waals surface area (Å²) in [5, 5.41) is 12.0. The van der Waals surface area contributed by atoms with E-state index in [1.807, 2.05) is 60.9 Å². The fraction of sp³-hybridized carbons (Fsp3) is 0.286. The molecule has 8 heteroatoms. The highest BCUT2D eigenvalue weighted by atomic mass is 32.2. The molecule has 0 aliphatic heterocycles. The maximum atomic E-state index is 12.3. The maximum absolute atomic E-state index is 12.3. The summed E-state index contributed by atoms with van der Waals surface area (Å²) in [4.78, 5) is 12.3. The van der Waals surface area contributed by atoms with Crippen LogP contribution in [0.2, 0.25) is 0 Å². The molecular formula is C21H24N4O3S. The second kappa shape index (κ2) is 9.97. The van der Waals surface area contributed by atoms with E-state index in [0.29, 0.717) is 29.7 Å². The molecule has 1 aromatic heterocycles. The Morgan fingerprint density at radius 1 is 1.17 bits per heavy atom. The molecule has 0 bridgehead atoms. The molecule has 0 atom stereocenters. The SMILES string of the molecule is CCn1c(COc2ccccc2C)nnc1SCC(=O)Nc1cccc(OC)c1. The van der Waals surface area contributed by atoms with Gasteiger partial charge in [-0.3, -0.25) is 4.79 Å². The van der Waals surface area contributed by atoms with Gasteiger partial charge >= 0.3 is 0 Å². The van der Waals surface area contributed by atoms with Crippen LogP contribution in [0, 0.1) is 6.92 Å². The van der Waals surface area contributed by atoms with Crippen molar-refractivity contribution < 1.29 is 14.3 Å². The lowest BCUT2D eigenvalue weighted by Gasteiger charge is -2.10. The lowest BCUT2D eigenvalue weighted by Crippen LogP contribution is -2.15. The number of methoxy groups -OCH3 is 1. The molecule has 7 nitrogen and oxygen atoms in total. The second-order valence-electron chi connectivity index (χ2n) is 6.27. The van der Waals surface area contributed by atoms with Gasteiger partial charge < -0.3 is 19.4 Å². The van der Waals surface area contributed by atoms with Gasteiger partial charge in [0.05, 0.1) is 12.9 Å². The number of para-hydroxylation sites is 1. The van der Waals surface area contributed by atoms with E-state index in [2.05, 4.69) is 15.5 Å². The van der Waals surface area contributed by atoms with E-state index in [1.54, 1.807) is 13.2 Å². The van der Waals surface area contributed by atoms with Crippen molar-refractivity contribution >= 4 is 23.4 Å². The molecule has 0 spiro atoms. The van der Waals surface area contributed by atoms with Crippen LogP contribution in [0.25, 0.3) is 0 Å². The fourth-order valence-corrected chi connectivity index (χ4v) is 3.56. The van der Waals surface area contributed by atoms with Crippen molar-refractivity contribution in [3.8, 4) is 11.5 Å². The molecule has 2 aromatic carbocycles. The van der Waals surface area contributed by atoms with Crippen molar-refractivity contribution in [3.63, 3.8) is 0 Å². The van der Waals surface area contributed by atoms with Gasteiger partial charge in [0.2, 0.25) is 5.91 Å². The van der Waals surface area contributed by atoms with Crippen molar-refractivity contribution in [2.75, 3.05) is 18.2 Å². The summed E-state index contributed by atoms with van der Waals surface area (Å²) in [7, 11) is 1.59. The van der Waals surface area contributed by atoms with E-state index >= 15 is 0 Å². The number of aryl methyl sites for hydroxylation is 1. The summed E-state index contributed by atoms with van der Waals surface area (Å²) in [5.74, 6) is 2.36. The van der Waals surface area contributed by atoms with Crippen molar-refractivity contribution in [2.24, 2.45) is 0 Å². The minimum absolute atomic E-state index is 0.119. The van der Waals surface area contributed by atoms with Crippen LogP contribution in [-0.2, 0) is 17.9 Å². The molecule has 3 aromatic rings. The van der Waals surface area contributed by atoms with Crippen LogP contribution in [0.1, 0.15) is 18.3 Å². The summed E-state index contributed by atoms with van der Waals surface area (Å²) >= 11 is 1.35. The normalized spacial score (nSPS) is 10.6. The van der Waals surface area contributed by atoms with Gasteiger partial charge in [-0.2, -0.15) is 0 Å². The highest BCUT2D eigenvalue weighted by Gasteiger charge is 2.14. The first-order chi connectivity index (χ1) is 14.1. The van der Waals surface area contributed by atoms with Crippen LogP contribution in [0.5, 0.6) is 11.5 Å². The van der Waals surface area contributed by atoms with Gasteiger partial charge in [0.15, 0.2) is 11.0 Å². The molecule has 0 radical (unpaired) electrons. The minimum atomic E-state index is -0.119. The molecule has 152 valence electrons. The summed E-state index contributed by atoms with van der Waals surface area (Å²) in [5.41, 5.74) is 1.76. The Balaban J connectivity index is 1.58. The van der Waals surface area contributed by atoms with E-state index < -0.39 is 0 Å². The standard InChI is InChI=1S/C21H24N4O3S/c1-4-25-19(13-28-18-11-6-5-8-15(18)2)23-24-21(25)29-14-20(26)22-16-9-7-10-17(12-16)27-3/h5-12H,4,13-14H2,1-3H3,(H,22,26). The van der Waals surface area contributed by atoms with Crippen LogP contribution in [0.15, 0.2) is 53.7 Å². The number of carbonyl (C=O) groups excluding carboxylic acids is 1. The van der Waals surface area contributed by atoms with Crippen LogP contribution in [0.4, 0.5) is 5.69 Å². The van der Waals surface area contributed by atoms with Crippen LogP contribution < -0.4 is 14.8 Å². The lowest BCUT2D eigenvalue weighted by atomic mass is 10.2. The van der Waals surface area contributed by atoms with Gasteiger partial charge in [-0.1, -0.05) is 36.0 Å². The first kappa shape index (κ1) is 20.7. The number of aromatic nitrogens is 3. The lowest BCUT2D eigenvalue weighted by molar-refractivity contribution is -0.113. The van der Waals surface area contributed by atoms with Gasteiger partial charge in [-0.05, 0) is 37.6 Å². The van der Waals surface area contributed by atoms with Crippen LogP contribution in [-0.4, -0.2) is 33.5 Å². The van der Waals surface area contributed by atoms with Gasteiger partial charge in [0, 0.05) is 18.3 Å². The van der Waals surface area contributed by atoms with Crippen molar-refractivity contribution in [3.05, 3.63) is 59.9 Å². The van der Waals surface area contributed by atoms with Crippen LogP contribution in [0.3, 0.4) is 0 Å². The number of hydrogen-bond donors (Lipinski definition) is 1. The topological polar surface area (TPSA) is 78.3 Å². The molecule has 1 heterocycles. The zero-order valence-corrected chi connectivity index (χ0v) is 17.5. The van der Waals surface area contributed by atoms with Gasteiger partial charge in [0.1, 0.15) is 18.1 Å². The monoisotopic (exact) mass is 412 g/mol. The molecule has 1 amide bonds. The molecule has 29 heavy (non-hydrogen) atoms. The van der Waals surface area contributed by atoms with E-state index in [1.165, 1.54) is 11.8 Å². The molecule has 0 fully saturated rings. The highest BCUT2D eigenvalue weighted by Crippen LogP contribution is 2.21. The van der Waals surface area contributed by atoms with Gasteiger partial charge in [-0.25, -0.2) is 0 Å². The Hall–Kier alpha value is -3.00. The number of carbonyl (C=O) groups is 1. The smallest absolute Gasteiger partial charge is 0.234 e. The Kier molecular flexibility index (Phi) is 7.13. The average molecular weight is 413 g/mol. The fourth-order valence-electron chi connectivity index (χ4n) is 2.74. The number of ether oxygens (including phenoxy) is 2. The molecule has 0 unspecified atom stereocenters. The van der Waals surface area contributed by atoms with Crippen LogP contribution >= 0.6 is 11.8 Å². The number of amides is 1. The Morgan fingerprint density at radius 2 is 2.00 bits per heavy atom. The van der Waals surface area contributed by atoms with Crippen molar-refractivity contribution in [1.29, 1.82) is 0 Å². The van der Waals surface area contributed by atoms with Gasteiger partial charge in [0.25, 0.3) is 0 Å². The first-order valence-electron chi connectivity index (χ1n) is 9.28. The molecule has 0 saturated heterocycles. The molecule has 3 rings (SSSR count). The summed E-state index contributed by atoms with van der Waals surface area (Å²) in [6.07, 6.45) is 0. The zero-order valence-electron chi connectivity index (χ0n) is 16.7. The van der Waals surface area contributed by atoms with E-state index in [9.17, 15) is 4.79 Å². The molecule has 1 N–H and O–H groups in total. The van der Waals surface area contributed by atoms with Gasteiger partial charge in [-0.15, -0.1) is 10.2 Å². The largest absolute Gasteiger partial charge is 0.497 e. The summed E-state index contributed by atoms with van der Waals surface area (Å²) in [6.45, 7) is 5.03. The maximum Gasteiger partial charge on any atom is 0.234 e. The zero-order chi connectivity index (χ0) is 20.6. The number of anilines is 1. The predicted molar refractivity (Wildman–Crippen MR) is 114 cm³/mol. The number of rotatable bonds is 9. The van der Waals surface area contributed by atoms with E-state index in [4.69, 9.17) is 9.47 Å². The molecular weight excluding hydrogens is 388 g/mol. The summed E-state index contributed by atoms with van der Waals surface area (Å²) < 4.78 is 13.0. The molecule has 0 saturated carbocycles. The summed E-state index contributed by atoms with van der Waals surface area (Å²) in [6, 6.07) is 15.1. The Morgan fingerprint density at radius 3 is 2.76 bits per heavy atom. The number of nitrogens with one attached hydrogen (secondary N) is 1. The number of benzene rings is 2. The minimum Gasteiger partial charge on any atom is -0.497 e. The molecule has 0 aliphatic carbocycles. The first-order valence-corrected chi connectivity index (χ1v) is 10.3. The van der Waals surface area contributed by atoms with E-state index in [0.717, 1.165) is 17.1 Å². The predicted octanol–water partition coefficient (Wildman–Crippen LogP) is 3.92. The average Bonchev–Trinajstić information content (AvgIpc) is 3.13. The molecule has 0 aliphatic rings. The third kappa shape index (κ3) is 5.51. The number of thioether (sulfide) groups is 1. The Bertz CT molecular complexity index is 974. The Labute approximate surface area is 174 Å². The quantitative estimate of drug-likeness (QED) is 0.537. The number of nitrogens with zero attached hydrogens (tertiary/aromatic N) is 3. The highest BCUT2D eigenvalue weighted by molar-refractivity contribution is 7.99. The third-order valence-corrected chi connectivity index (χ3v) is 5.21. The van der Waals surface area contributed by atoms with Crippen molar-refractivity contribution in [1.82, 2.24) is 14.8 Å². The van der Waals surface area contributed by atoms with E-state index in [-0.39, 0.29) is 11.7 Å². The van der Waals surface area contributed by atoms with Crippen molar-refractivity contribution in [2.45, 2.75) is 32.2 Å². The third-order valence-electron chi connectivity index (χ3n) is 4.25. The number of hydrogen-bond acceptors (Lipinski definition) is 6. The second-order valence-corrected chi connectivity index (χ2v) is 7.21.